The number of benzene rings is 1. The minimum atomic E-state index is -0.836. The number of hydrogen-bond acceptors (Lipinski definition) is 4. The molecule has 1 heterocycles. The van der Waals surface area contributed by atoms with Crippen LogP contribution in [0.25, 0.3) is 0 Å². The summed E-state index contributed by atoms with van der Waals surface area (Å²) >= 11 is 0. The number of halogens is 1. The number of hydrogen-bond donors (Lipinski definition) is 2. The molecule has 0 aliphatic carbocycles. The predicted molar refractivity (Wildman–Crippen MR) is 69.8 cm³/mol. The van der Waals surface area contributed by atoms with Gasteiger partial charge >= 0.3 is 0 Å². The van der Waals surface area contributed by atoms with E-state index in [9.17, 15) is 9.50 Å². The zero-order valence-corrected chi connectivity index (χ0v) is 11.3. The molecule has 1 aromatic carbocycles. The fraction of sp³-hybridized carbons (Fsp3) is 0.571. The molecule has 0 saturated carbocycles. The second kappa shape index (κ2) is 5.86. The molecule has 0 radical (unpaired) electrons. The van der Waals surface area contributed by atoms with Crippen molar-refractivity contribution in [1.29, 1.82) is 0 Å². The average molecular weight is 269 g/mol. The van der Waals surface area contributed by atoms with E-state index in [1.165, 1.54) is 13.2 Å². The molecule has 5 heteroatoms. The summed E-state index contributed by atoms with van der Waals surface area (Å²) < 4.78 is 24.0. The highest BCUT2D eigenvalue weighted by Gasteiger charge is 2.32. The first kappa shape index (κ1) is 14.2. The largest absolute Gasteiger partial charge is 0.497 e. The highest BCUT2D eigenvalue weighted by molar-refractivity contribution is 5.30. The summed E-state index contributed by atoms with van der Waals surface area (Å²) in [4.78, 5) is 0. The van der Waals surface area contributed by atoms with E-state index in [-0.39, 0.29) is 11.9 Å². The molecule has 2 rings (SSSR count). The Kier molecular flexibility index (Phi) is 4.39. The summed E-state index contributed by atoms with van der Waals surface area (Å²) in [7, 11) is 1.51. The van der Waals surface area contributed by atoms with Gasteiger partial charge in [-0.15, -0.1) is 0 Å². The van der Waals surface area contributed by atoms with Crippen LogP contribution in [0.5, 0.6) is 5.75 Å². The van der Waals surface area contributed by atoms with Crippen molar-refractivity contribution in [1.82, 2.24) is 5.32 Å². The van der Waals surface area contributed by atoms with E-state index in [1.54, 1.807) is 12.1 Å². The van der Waals surface area contributed by atoms with Crippen molar-refractivity contribution in [2.75, 3.05) is 26.9 Å². The van der Waals surface area contributed by atoms with Crippen molar-refractivity contribution < 1.29 is 19.0 Å². The van der Waals surface area contributed by atoms with Gasteiger partial charge in [0.15, 0.2) is 0 Å². The fourth-order valence-corrected chi connectivity index (χ4v) is 2.17. The lowest BCUT2D eigenvalue weighted by Crippen LogP contribution is -2.42. The number of rotatable bonds is 5. The Hall–Kier alpha value is -1.17. The van der Waals surface area contributed by atoms with Crippen molar-refractivity contribution >= 4 is 0 Å². The standard InChI is InChI=1S/C14H20FNO3/c1-10(16-8-14(17)5-6-19-9-14)12-4-3-11(18-2)7-13(12)15/h3-4,7,10,16-17H,5-6,8-9H2,1-2H3/t10-,14-/m1/s1. The summed E-state index contributed by atoms with van der Waals surface area (Å²) in [6.07, 6.45) is 0.609. The molecule has 106 valence electrons. The Morgan fingerprint density at radius 3 is 2.95 bits per heavy atom. The molecular weight excluding hydrogens is 249 g/mol. The second-order valence-corrected chi connectivity index (χ2v) is 5.02. The lowest BCUT2D eigenvalue weighted by atomic mass is 10.0. The normalized spacial score (nSPS) is 24.4. The molecule has 1 aliphatic heterocycles. The Bertz CT molecular complexity index is 433. The van der Waals surface area contributed by atoms with Gasteiger partial charge in [-0.3, -0.25) is 0 Å². The van der Waals surface area contributed by atoms with E-state index in [0.29, 0.717) is 37.5 Å². The van der Waals surface area contributed by atoms with Gasteiger partial charge in [0.25, 0.3) is 0 Å². The summed E-state index contributed by atoms with van der Waals surface area (Å²) in [5, 5.41) is 13.3. The maximum atomic E-state index is 13.9. The van der Waals surface area contributed by atoms with E-state index in [4.69, 9.17) is 9.47 Å². The molecule has 0 unspecified atom stereocenters. The first-order valence-electron chi connectivity index (χ1n) is 6.41. The fourth-order valence-electron chi connectivity index (χ4n) is 2.17. The average Bonchev–Trinajstić information content (AvgIpc) is 2.83. The maximum Gasteiger partial charge on any atom is 0.131 e. The third-order valence-corrected chi connectivity index (χ3v) is 3.49. The molecule has 0 amide bonds. The van der Waals surface area contributed by atoms with Gasteiger partial charge < -0.3 is 19.9 Å². The highest BCUT2D eigenvalue weighted by Crippen LogP contribution is 2.23. The highest BCUT2D eigenvalue weighted by atomic mass is 19.1. The van der Waals surface area contributed by atoms with Crippen molar-refractivity contribution in [3.8, 4) is 5.75 Å². The third kappa shape index (κ3) is 3.43. The maximum absolute atomic E-state index is 13.9. The molecule has 1 fully saturated rings. The summed E-state index contributed by atoms with van der Waals surface area (Å²) in [6, 6.07) is 4.60. The van der Waals surface area contributed by atoms with E-state index in [1.807, 2.05) is 6.92 Å². The van der Waals surface area contributed by atoms with Crippen molar-refractivity contribution in [2.24, 2.45) is 0 Å². The number of aliphatic hydroxyl groups is 1. The van der Waals surface area contributed by atoms with Gasteiger partial charge in [-0.25, -0.2) is 4.39 Å². The SMILES string of the molecule is COc1ccc([C@@H](C)NC[C@]2(O)CCOC2)c(F)c1. The van der Waals surface area contributed by atoms with Crippen LogP contribution < -0.4 is 10.1 Å². The van der Waals surface area contributed by atoms with Gasteiger partial charge in [-0.2, -0.15) is 0 Å². The van der Waals surface area contributed by atoms with Gasteiger partial charge in [-0.1, -0.05) is 6.07 Å². The van der Waals surface area contributed by atoms with E-state index >= 15 is 0 Å². The topological polar surface area (TPSA) is 50.7 Å². The van der Waals surface area contributed by atoms with Crippen LogP contribution in [0.3, 0.4) is 0 Å². The molecule has 2 N–H and O–H groups in total. The van der Waals surface area contributed by atoms with Gasteiger partial charge in [0, 0.05) is 37.2 Å². The van der Waals surface area contributed by atoms with Crippen molar-refractivity contribution in [2.45, 2.75) is 25.0 Å². The lowest BCUT2D eigenvalue weighted by molar-refractivity contribution is 0.0251. The third-order valence-electron chi connectivity index (χ3n) is 3.49. The van der Waals surface area contributed by atoms with Crippen LogP contribution in [0.15, 0.2) is 18.2 Å². The minimum Gasteiger partial charge on any atom is -0.497 e. The van der Waals surface area contributed by atoms with E-state index < -0.39 is 5.60 Å². The Balaban J connectivity index is 1.97. The molecule has 19 heavy (non-hydrogen) atoms. The predicted octanol–water partition coefficient (Wildman–Crippen LogP) is 1.64. The van der Waals surface area contributed by atoms with Crippen LogP contribution >= 0.6 is 0 Å². The van der Waals surface area contributed by atoms with E-state index in [2.05, 4.69) is 5.32 Å². The van der Waals surface area contributed by atoms with Crippen LogP contribution in [-0.4, -0.2) is 37.6 Å². The van der Waals surface area contributed by atoms with Crippen LogP contribution in [0.1, 0.15) is 24.9 Å². The van der Waals surface area contributed by atoms with Gasteiger partial charge in [-0.05, 0) is 13.0 Å². The molecular formula is C14H20FNO3. The Morgan fingerprint density at radius 2 is 2.37 bits per heavy atom. The Labute approximate surface area is 112 Å². The first-order valence-corrected chi connectivity index (χ1v) is 6.41. The number of ether oxygens (including phenoxy) is 2. The summed E-state index contributed by atoms with van der Waals surface area (Å²) in [6.45, 7) is 3.16. The molecule has 0 bridgehead atoms. The van der Waals surface area contributed by atoms with Gasteiger partial charge in [0.05, 0.1) is 13.7 Å². The van der Waals surface area contributed by atoms with Crippen LogP contribution in [0, 0.1) is 5.82 Å². The van der Waals surface area contributed by atoms with Crippen LogP contribution in [0.4, 0.5) is 4.39 Å². The second-order valence-electron chi connectivity index (χ2n) is 5.02. The van der Waals surface area contributed by atoms with Crippen molar-refractivity contribution in [3.05, 3.63) is 29.6 Å². The first-order chi connectivity index (χ1) is 9.04. The van der Waals surface area contributed by atoms with Crippen molar-refractivity contribution in [3.63, 3.8) is 0 Å². The monoisotopic (exact) mass is 269 g/mol. The summed E-state index contributed by atoms with van der Waals surface area (Å²) in [5.41, 5.74) is -0.277. The molecule has 4 nitrogen and oxygen atoms in total. The molecule has 0 spiro atoms. The van der Waals surface area contributed by atoms with Crippen LogP contribution in [-0.2, 0) is 4.74 Å². The molecule has 0 aromatic heterocycles. The molecule has 2 atom stereocenters. The van der Waals surface area contributed by atoms with Crippen LogP contribution in [0.2, 0.25) is 0 Å². The zero-order chi connectivity index (χ0) is 13.9. The smallest absolute Gasteiger partial charge is 0.131 e. The zero-order valence-electron chi connectivity index (χ0n) is 11.3. The molecule has 1 aromatic rings. The molecule has 1 saturated heterocycles. The number of nitrogens with one attached hydrogen (secondary N) is 1. The lowest BCUT2D eigenvalue weighted by Gasteiger charge is -2.24. The number of methoxy groups -OCH3 is 1. The Morgan fingerprint density at radius 1 is 1.58 bits per heavy atom. The molecule has 1 aliphatic rings. The van der Waals surface area contributed by atoms with Gasteiger partial charge in [0.1, 0.15) is 17.2 Å². The quantitative estimate of drug-likeness (QED) is 0.853. The van der Waals surface area contributed by atoms with Gasteiger partial charge in [0.2, 0.25) is 0 Å². The summed E-state index contributed by atoms with van der Waals surface area (Å²) in [5.74, 6) is 0.185. The minimum absolute atomic E-state index is 0.185. The van der Waals surface area contributed by atoms with E-state index in [0.717, 1.165) is 0 Å².